The van der Waals surface area contributed by atoms with Crippen molar-refractivity contribution in [1.82, 2.24) is 5.32 Å². The first kappa shape index (κ1) is 17.4. The molecule has 0 aliphatic rings. The van der Waals surface area contributed by atoms with Crippen molar-refractivity contribution in [3.63, 3.8) is 0 Å². The Balaban J connectivity index is 1.64. The van der Waals surface area contributed by atoms with E-state index in [9.17, 15) is 4.79 Å². The van der Waals surface area contributed by atoms with Crippen LogP contribution in [-0.4, -0.2) is 25.3 Å². The Morgan fingerprint density at radius 2 is 1.96 bits per heavy atom. The average Bonchev–Trinajstić information content (AvgIpc) is 2.58. The number of hydrogen-bond donors (Lipinski definition) is 1. The first-order chi connectivity index (χ1) is 11.2. The van der Waals surface area contributed by atoms with Gasteiger partial charge in [-0.05, 0) is 43.2 Å². The molecule has 23 heavy (non-hydrogen) atoms. The molecular weight excluding hydrogens is 306 g/mol. The van der Waals surface area contributed by atoms with E-state index >= 15 is 0 Å². The number of methoxy groups -OCH3 is 1. The Hall–Kier alpha value is -1.94. The molecule has 0 atom stereocenters. The summed E-state index contributed by atoms with van der Waals surface area (Å²) in [6.07, 6.45) is 1.23. The second kappa shape index (κ2) is 9.26. The van der Waals surface area contributed by atoms with Crippen molar-refractivity contribution in [2.45, 2.75) is 24.7 Å². The summed E-state index contributed by atoms with van der Waals surface area (Å²) in [5.41, 5.74) is 2.38. The van der Waals surface area contributed by atoms with Crippen LogP contribution in [0.2, 0.25) is 0 Å². The number of ether oxygens (including phenoxy) is 1. The summed E-state index contributed by atoms with van der Waals surface area (Å²) in [5, 5.41) is 2.97. The van der Waals surface area contributed by atoms with Crippen molar-refractivity contribution >= 4 is 17.7 Å². The van der Waals surface area contributed by atoms with Gasteiger partial charge in [0.05, 0.1) is 7.11 Å². The van der Waals surface area contributed by atoms with Gasteiger partial charge in [0.25, 0.3) is 0 Å². The van der Waals surface area contributed by atoms with E-state index in [4.69, 9.17) is 4.74 Å². The molecule has 3 nitrogen and oxygen atoms in total. The molecule has 122 valence electrons. The Kier molecular flexibility index (Phi) is 7.01. The minimum Gasteiger partial charge on any atom is -0.497 e. The maximum Gasteiger partial charge on any atom is 0.220 e. The minimum atomic E-state index is 0.0947. The number of benzene rings is 2. The third-order valence-corrected chi connectivity index (χ3v) is 4.50. The first-order valence-electron chi connectivity index (χ1n) is 7.76. The first-order valence-corrected chi connectivity index (χ1v) is 8.75. The van der Waals surface area contributed by atoms with Crippen molar-refractivity contribution in [3.05, 3.63) is 59.7 Å². The lowest BCUT2D eigenvalue weighted by molar-refractivity contribution is -0.120. The molecule has 0 saturated heterocycles. The molecule has 0 spiro atoms. The molecule has 2 aromatic carbocycles. The molecule has 2 rings (SSSR count). The van der Waals surface area contributed by atoms with Crippen LogP contribution >= 0.6 is 11.8 Å². The Bertz CT molecular complexity index is 626. The molecule has 0 unspecified atom stereocenters. The van der Waals surface area contributed by atoms with Crippen molar-refractivity contribution in [2.24, 2.45) is 0 Å². The van der Waals surface area contributed by atoms with Crippen LogP contribution in [0.5, 0.6) is 5.75 Å². The molecule has 1 N–H and O–H groups in total. The maximum atomic E-state index is 11.9. The molecule has 0 fully saturated rings. The number of hydrogen-bond acceptors (Lipinski definition) is 3. The quantitative estimate of drug-likeness (QED) is 0.590. The molecule has 0 bridgehead atoms. The number of nitrogens with one attached hydrogen (secondary N) is 1. The zero-order valence-electron chi connectivity index (χ0n) is 13.7. The zero-order chi connectivity index (χ0) is 16.5. The van der Waals surface area contributed by atoms with Gasteiger partial charge in [-0.2, -0.15) is 0 Å². The molecular formula is C19H23NO2S. The van der Waals surface area contributed by atoms with Crippen LogP contribution in [0.4, 0.5) is 0 Å². The molecule has 1 amide bonds. The summed E-state index contributed by atoms with van der Waals surface area (Å²) < 4.78 is 5.19. The van der Waals surface area contributed by atoms with Gasteiger partial charge in [0.2, 0.25) is 5.91 Å². The van der Waals surface area contributed by atoms with Gasteiger partial charge < -0.3 is 10.1 Å². The van der Waals surface area contributed by atoms with E-state index in [1.165, 1.54) is 10.5 Å². The lowest BCUT2D eigenvalue weighted by Gasteiger charge is -2.07. The van der Waals surface area contributed by atoms with Crippen molar-refractivity contribution in [1.29, 1.82) is 0 Å². The minimum absolute atomic E-state index is 0.0947. The van der Waals surface area contributed by atoms with Gasteiger partial charge in [-0.25, -0.2) is 0 Å². The smallest absolute Gasteiger partial charge is 0.220 e. The van der Waals surface area contributed by atoms with Crippen LogP contribution < -0.4 is 10.1 Å². The number of carbonyl (C=O) groups is 1. The molecule has 4 heteroatoms. The fourth-order valence-corrected chi connectivity index (χ4v) is 2.94. The van der Waals surface area contributed by atoms with Crippen LogP contribution in [0.15, 0.2) is 53.4 Å². The van der Waals surface area contributed by atoms with Gasteiger partial charge in [0.1, 0.15) is 5.75 Å². The third kappa shape index (κ3) is 6.37. The summed E-state index contributed by atoms with van der Waals surface area (Å²) >= 11 is 1.76. The molecule has 0 saturated carbocycles. The highest BCUT2D eigenvalue weighted by molar-refractivity contribution is 7.99. The molecule has 0 radical (unpaired) electrons. The van der Waals surface area contributed by atoms with Crippen LogP contribution in [0.1, 0.15) is 17.5 Å². The van der Waals surface area contributed by atoms with E-state index in [2.05, 4.69) is 36.5 Å². The summed E-state index contributed by atoms with van der Waals surface area (Å²) in [4.78, 5) is 13.1. The largest absolute Gasteiger partial charge is 0.497 e. The molecule has 2 aromatic rings. The topological polar surface area (TPSA) is 38.3 Å². The normalized spacial score (nSPS) is 10.3. The predicted molar refractivity (Wildman–Crippen MR) is 96.2 cm³/mol. The van der Waals surface area contributed by atoms with Crippen molar-refractivity contribution in [2.75, 3.05) is 19.4 Å². The van der Waals surface area contributed by atoms with Crippen LogP contribution in [0.25, 0.3) is 0 Å². The zero-order valence-corrected chi connectivity index (χ0v) is 14.5. The monoisotopic (exact) mass is 329 g/mol. The van der Waals surface area contributed by atoms with Gasteiger partial charge in [0, 0.05) is 23.6 Å². The number of thioether (sulfide) groups is 1. The standard InChI is InChI=1S/C19H23NO2S/c1-15-6-9-18(10-7-15)23-13-12-20-19(21)11-8-16-4-3-5-17(14-16)22-2/h3-7,9-10,14H,8,11-13H2,1-2H3,(H,20,21). The summed E-state index contributed by atoms with van der Waals surface area (Å²) in [7, 11) is 1.65. The molecule has 0 aliphatic carbocycles. The van der Waals surface area contributed by atoms with E-state index < -0.39 is 0 Å². The van der Waals surface area contributed by atoms with Gasteiger partial charge in [-0.15, -0.1) is 11.8 Å². The van der Waals surface area contributed by atoms with Crippen molar-refractivity contribution < 1.29 is 9.53 Å². The van der Waals surface area contributed by atoms with Crippen molar-refractivity contribution in [3.8, 4) is 5.75 Å². The average molecular weight is 329 g/mol. The molecule has 0 aromatic heterocycles. The van der Waals surface area contributed by atoms with Gasteiger partial charge in [-0.3, -0.25) is 4.79 Å². The van der Waals surface area contributed by atoms with Crippen LogP contribution in [0.3, 0.4) is 0 Å². The summed E-state index contributed by atoms with van der Waals surface area (Å²) in [5.74, 6) is 1.81. The second-order valence-electron chi connectivity index (χ2n) is 5.36. The Morgan fingerprint density at radius 3 is 2.70 bits per heavy atom. The molecule has 0 heterocycles. The number of aryl methyl sites for hydroxylation is 2. The van der Waals surface area contributed by atoms with Crippen LogP contribution in [-0.2, 0) is 11.2 Å². The van der Waals surface area contributed by atoms with E-state index in [0.717, 1.165) is 23.5 Å². The summed E-state index contributed by atoms with van der Waals surface area (Å²) in [6.45, 7) is 2.77. The van der Waals surface area contributed by atoms with E-state index in [1.54, 1.807) is 18.9 Å². The maximum absolute atomic E-state index is 11.9. The fourth-order valence-electron chi connectivity index (χ4n) is 2.17. The third-order valence-electron chi connectivity index (χ3n) is 3.49. The van der Waals surface area contributed by atoms with Gasteiger partial charge >= 0.3 is 0 Å². The Labute approximate surface area is 142 Å². The highest BCUT2D eigenvalue weighted by Gasteiger charge is 2.03. The summed E-state index contributed by atoms with van der Waals surface area (Å²) in [6, 6.07) is 16.3. The molecule has 0 aliphatic heterocycles. The van der Waals surface area contributed by atoms with E-state index in [0.29, 0.717) is 13.0 Å². The van der Waals surface area contributed by atoms with E-state index in [-0.39, 0.29) is 5.91 Å². The SMILES string of the molecule is COc1cccc(CCC(=O)NCCSc2ccc(C)cc2)c1. The van der Waals surface area contributed by atoms with Gasteiger partial charge in [-0.1, -0.05) is 29.8 Å². The van der Waals surface area contributed by atoms with Gasteiger partial charge in [0.15, 0.2) is 0 Å². The predicted octanol–water partition coefficient (Wildman–Crippen LogP) is 3.84. The fraction of sp³-hybridized carbons (Fsp3) is 0.316. The highest BCUT2D eigenvalue weighted by Crippen LogP contribution is 2.17. The van der Waals surface area contributed by atoms with E-state index in [1.807, 2.05) is 24.3 Å². The lowest BCUT2D eigenvalue weighted by atomic mass is 10.1. The highest BCUT2D eigenvalue weighted by atomic mass is 32.2. The lowest BCUT2D eigenvalue weighted by Crippen LogP contribution is -2.25. The number of rotatable bonds is 8. The second-order valence-corrected chi connectivity index (χ2v) is 6.53. The number of amides is 1. The number of carbonyl (C=O) groups excluding carboxylic acids is 1. The van der Waals surface area contributed by atoms with Crippen LogP contribution in [0, 0.1) is 6.92 Å². The Morgan fingerprint density at radius 1 is 1.17 bits per heavy atom.